The van der Waals surface area contributed by atoms with Gasteiger partial charge in [0.05, 0.1) is 23.9 Å². The van der Waals surface area contributed by atoms with E-state index in [1.807, 2.05) is 18.2 Å². The van der Waals surface area contributed by atoms with Crippen LogP contribution in [0.25, 0.3) is 10.2 Å². The summed E-state index contributed by atoms with van der Waals surface area (Å²) in [4.78, 5) is 4.41. The molecule has 108 valence electrons. The van der Waals surface area contributed by atoms with Gasteiger partial charge in [0.1, 0.15) is 35.2 Å². The fourth-order valence-corrected chi connectivity index (χ4v) is 3.35. The van der Waals surface area contributed by atoms with Crippen molar-refractivity contribution >= 4 is 21.6 Å². The highest BCUT2D eigenvalue weighted by atomic mass is 32.1. The normalized spacial score (nSPS) is 30.0. The summed E-state index contributed by atoms with van der Waals surface area (Å²) in [6.45, 7) is -0.340. The van der Waals surface area contributed by atoms with E-state index in [2.05, 4.69) is 4.98 Å². The van der Waals surface area contributed by atoms with Crippen LogP contribution in [-0.4, -0.2) is 52.3 Å². The Morgan fingerprint density at radius 3 is 2.80 bits per heavy atom. The van der Waals surface area contributed by atoms with E-state index in [-0.39, 0.29) is 6.61 Å². The summed E-state index contributed by atoms with van der Waals surface area (Å²) in [5, 5.41) is 29.4. The molecule has 2 heterocycles. The Bertz CT molecular complexity index is 616. The smallest absolute Gasteiger partial charge is 0.138 e. The molecule has 0 radical (unpaired) electrons. The van der Waals surface area contributed by atoms with Crippen LogP contribution >= 0.6 is 11.3 Å². The van der Waals surface area contributed by atoms with Gasteiger partial charge in [0, 0.05) is 0 Å². The van der Waals surface area contributed by atoms with E-state index < -0.39 is 24.4 Å². The molecule has 0 spiro atoms. The Morgan fingerprint density at radius 1 is 1.35 bits per heavy atom. The average molecular weight is 297 g/mol. The van der Waals surface area contributed by atoms with E-state index in [9.17, 15) is 10.2 Å². The Balaban J connectivity index is 1.94. The van der Waals surface area contributed by atoms with Gasteiger partial charge in [0.25, 0.3) is 0 Å². The first-order chi connectivity index (χ1) is 9.63. The zero-order valence-corrected chi connectivity index (χ0v) is 11.6. The molecule has 3 N–H and O–H groups in total. The van der Waals surface area contributed by atoms with E-state index in [4.69, 9.17) is 14.6 Å². The molecule has 4 atom stereocenters. The quantitative estimate of drug-likeness (QED) is 0.762. The first-order valence-corrected chi connectivity index (χ1v) is 7.02. The molecule has 6 nitrogen and oxygen atoms in total. The lowest BCUT2D eigenvalue weighted by atomic mass is 10.1. The van der Waals surface area contributed by atoms with Gasteiger partial charge in [-0.3, -0.25) is 0 Å². The number of fused-ring (bicyclic) bond motifs is 1. The molecule has 0 bridgehead atoms. The van der Waals surface area contributed by atoms with Gasteiger partial charge >= 0.3 is 0 Å². The molecule has 0 amide bonds. The highest BCUT2D eigenvalue weighted by molar-refractivity contribution is 7.18. The predicted molar refractivity (Wildman–Crippen MR) is 72.9 cm³/mol. The van der Waals surface area contributed by atoms with Crippen LogP contribution in [0.4, 0.5) is 0 Å². The Labute approximate surface area is 119 Å². The summed E-state index contributed by atoms with van der Waals surface area (Å²) in [6, 6.07) is 5.50. The molecule has 0 saturated carbocycles. The zero-order chi connectivity index (χ0) is 14.3. The van der Waals surface area contributed by atoms with Gasteiger partial charge in [0.15, 0.2) is 0 Å². The monoisotopic (exact) mass is 297 g/mol. The van der Waals surface area contributed by atoms with Gasteiger partial charge in [-0.2, -0.15) is 0 Å². The minimum atomic E-state index is -1.11. The number of thiazole rings is 1. The third kappa shape index (κ3) is 2.17. The van der Waals surface area contributed by atoms with Gasteiger partial charge in [-0.15, -0.1) is 11.3 Å². The predicted octanol–water partition coefficient (Wildman–Crippen LogP) is 0.459. The van der Waals surface area contributed by atoms with Gasteiger partial charge in [-0.1, -0.05) is 0 Å². The molecule has 2 aromatic rings. The van der Waals surface area contributed by atoms with Gasteiger partial charge in [-0.25, -0.2) is 4.98 Å². The highest BCUT2D eigenvalue weighted by Gasteiger charge is 2.44. The maximum atomic E-state index is 9.99. The van der Waals surface area contributed by atoms with Crippen LogP contribution < -0.4 is 4.74 Å². The van der Waals surface area contributed by atoms with Gasteiger partial charge in [0.2, 0.25) is 0 Å². The Kier molecular flexibility index (Phi) is 3.61. The summed E-state index contributed by atoms with van der Waals surface area (Å²) in [7, 11) is 1.59. The number of ether oxygens (including phenoxy) is 2. The molecule has 7 heteroatoms. The molecule has 1 saturated heterocycles. The van der Waals surface area contributed by atoms with Crippen LogP contribution in [0.15, 0.2) is 18.2 Å². The van der Waals surface area contributed by atoms with Crippen molar-refractivity contribution in [3.8, 4) is 5.75 Å². The van der Waals surface area contributed by atoms with E-state index >= 15 is 0 Å². The van der Waals surface area contributed by atoms with Crippen molar-refractivity contribution < 1.29 is 24.8 Å². The molecule has 3 rings (SSSR count). The van der Waals surface area contributed by atoms with Crippen LogP contribution in [0, 0.1) is 0 Å². The molecule has 1 aliphatic heterocycles. The molecule has 1 aliphatic rings. The van der Waals surface area contributed by atoms with Crippen molar-refractivity contribution in [2.24, 2.45) is 0 Å². The van der Waals surface area contributed by atoms with Gasteiger partial charge < -0.3 is 24.8 Å². The highest BCUT2D eigenvalue weighted by Crippen LogP contribution is 2.38. The third-order valence-corrected chi connectivity index (χ3v) is 4.48. The van der Waals surface area contributed by atoms with Crippen LogP contribution in [0.3, 0.4) is 0 Å². The Morgan fingerprint density at radius 2 is 2.15 bits per heavy atom. The first kappa shape index (κ1) is 13.7. The van der Waals surface area contributed by atoms with Crippen molar-refractivity contribution in [2.75, 3.05) is 13.7 Å². The Hall–Kier alpha value is -1.25. The van der Waals surface area contributed by atoms with E-state index in [1.165, 1.54) is 11.3 Å². The molecular weight excluding hydrogens is 282 g/mol. The second-order valence-electron chi connectivity index (χ2n) is 4.64. The largest absolute Gasteiger partial charge is 0.497 e. The minimum absolute atomic E-state index is 0.340. The number of aromatic nitrogens is 1. The lowest BCUT2D eigenvalue weighted by molar-refractivity contribution is -0.0227. The number of nitrogens with zero attached hydrogens (tertiary/aromatic N) is 1. The number of aliphatic hydroxyl groups excluding tert-OH is 3. The van der Waals surface area contributed by atoms with Crippen molar-refractivity contribution in [2.45, 2.75) is 24.4 Å². The van der Waals surface area contributed by atoms with Crippen LogP contribution in [-0.2, 0) is 4.74 Å². The van der Waals surface area contributed by atoms with Crippen molar-refractivity contribution in [3.63, 3.8) is 0 Å². The van der Waals surface area contributed by atoms with Gasteiger partial charge in [-0.05, 0) is 18.2 Å². The van der Waals surface area contributed by atoms with E-state index in [0.717, 1.165) is 16.0 Å². The topological polar surface area (TPSA) is 92.0 Å². The maximum absolute atomic E-state index is 9.99. The number of rotatable bonds is 3. The van der Waals surface area contributed by atoms with Crippen molar-refractivity contribution in [1.29, 1.82) is 0 Å². The SMILES string of the molecule is COc1ccc2nc([C@@H]3O[C@H](CO)[C@@H](O)[C@H]3O)sc2c1. The summed E-state index contributed by atoms with van der Waals surface area (Å²) in [5.74, 6) is 0.730. The second-order valence-corrected chi connectivity index (χ2v) is 5.71. The zero-order valence-electron chi connectivity index (χ0n) is 10.8. The van der Waals surface area contributed by atoms with Crippen molar-refractivity contribution in [3.05, 3.63) is 23.2 Å². The van der Waals surface area contributed by atoms with Crippen LogP contribution in [0.5, 0.6) is 5.75 Å². The number of methoxy groups -OCH3 is 1. The van der Waals surface area contributed by atoms with E-state index in [1.54, 1.807) is 7.11 Å². The fourth-order valence-electron chi connectivity index (χ4n) is 2.28. The second kappa shape index (κ2) is 5.27. The lowest BCUT2D eigenvalue weighted by Gasteiger charge is -2.11. The minimum Gasteiger partial charge on any atom is -0.497 e. The summed E-state index contributed by atoms with van der Waals surface area (Å²) < 4.78 is 11.5. The summed E-state index contributed by atoms with van der Waals surface area (Å²) in [5.41, 5.74) is 0.781. The first-order valence-electron chi connectivity index (χ1n) is 6.21. The molecule has 0 unspecified atom stereocenters. The maximum Gasteiger partial charge on any atom is 0.138 e. The molecule has 1 fully saturated rings. The third-order valence-electron chi connectivity index (χ3n) is 3.40. The number of hydrogen-bond acceptors (Lipinski definition) is 7. The molecule has 1 aromatic carbocycles. The number of aliphatic hydroxyl groups is 3. The molecule has 1 aromatic heterocycles. The van der Waals surface area contributed by atoms with E-state index in [0.29, 0.717) is 5.01 Å². The lowest BCUT2D eigenvalue weighted by Crippen LogP contribution is -2.32. The number of hydrogen-bond donors (Lipinski definition) is 3. The average Bonchev–Trinajstić information content (AvgIpc) is 3.00. The number of benzene rings is 1. The standard InChI is InChI=1S/C13H15NO5S/c1-18-6-2-3-7-9(4-6)20-13(14-7)12-11(17)10(16)8(5-15)19-12/h2-4,8,10-12,15-17H,5H2,1H3/t8-,10-,11-,12-/m1/s1. The fraction of sp³-hybridized carbons (Fsp3) is 0.462. The summed E-state index contributed by atoms with van der Waals surface area (Å²) in [6.07, 6.45) is -3.69. The molecule has 20 heavy (non-hydrogen) atoms. The molecular formula is C13H15NO5S. The molecule has 0 aliphatic carbocycles. The van der Waals surface area contributed by atoms with Crippen LogP contribution in [0.1, 0.15) is 11.1 Å². The van der Waals surface area contributed by atoms with Crippen LogP contribution in [0.2, 0.25) is 0 Å². The summed E-state index contributed by atoms with van der Waals surface area (Å²) >= 11 is 1.37. The van der Waals surface area contributed by atoms with Crippen molar-refractivity contribution in [1.82, 2.24) is 4.98 Å².